The van der Waals surface area contributed by atoms with Crippen LogP contribution in [0, 0.1) is 0 Å². The van der Waals surface area contributed by atoms with Crippen LogP contribution in [-0.4, -0.2) is 43.3 Å². The lowest BCUT2D eigenvalue weighted by Gasteiger charge is -2.24. The molecule has 1 aliphatic heterocycles. The van der Waals surface area contributed by atoms with Gasteiger partial charge in [-0.1, -0.05) is 54.6 Å². The Bertz CT molecular complexity index is 939. The minimum Gasteiger partial charge on any atom is -0.370 e. The molecule has 0 bridgehead atoms. The molecule has 0 aromatic heterocycles. The van der Waals surface area contributed by atoms with Crippen molar-refractivity contribution in [3.8, 4) is 0 Å². The SMILES string of the molecule is C=CCCC(=O)N[C@@H](C)C(=O)N[C@@H]1CN(C)c2ccccc2C(c2ccccc2)=N1. The number of allylic oxidation sites excluding steroid dienone is 1. The smallest absolute Gasteiger partial charge is 0.243 e. The molecule has 1 heterocycles. The number of hydrogen-bond acceptors (Lipinski definition) is 4. The average Bonchev–Trinajstić information content (AvgIpc) is 2.89. The van der Waals surface area contributed by atoms with Crippen molar-refractivity contribution in [1.29, 1.82) is 0 Å². The summed E-state index contributed by atoms with van der Waals surface area (Å²) in [5, 5.41) is 5.71. The lowest BCUT2D eigenvalue weighted by Crippen LogP contribution is -2.50. The van der Waals surface area contributed by atoms with E-state index >= 15 is 0 Å². The van der Waals surface area contributed by atoms with Crippen molar-refractivity contribution >= 4 is 23.2 Å². The molecule has 0 saturated carbocycles. The van der Waals surface area contributed by atoms with Crippen LogP contribution in [-0.2, 0) is 9.59 Å². The monoisotopic (exact) mass is 404 g/mol. The number of benzene rings is 2. The maximum Gasteiger partial charge on any atom is 0.243 e. The highest BCUT2D eigenvalue weighted by Gasteiger charge is 2.25. The van der Waals surface area contributed by atoms with Gasteiger partial charge in [0, 0.05) is 30.3 Å². The molecule has 0 spiro atoms. The van der Waals surface area contributed by atoms with Crippen LogP contribution in [0.5, 0.6) is 0 Å². The largest absolute Gasteiger partial charge is 0.370 e. The minimum absolute atomic E-state index is 0.170. The molecule has 2 aromatic rings. The summed E-state index contributed by atoms with van der Waals surface area (Å²) in [6.07, 6.45) is 2.14. The number of hydrogen-bond donors (Lipinski definition) is 2. The van der Waals surface area contributed by atoms with Gasteiger partial charge >= 0.3 is 0 Å². The van der Waals surface area contributed by atoms with Crippen molar-refractivity contribution < 1.29 is 9.59 Å². The van der Waals surface area contributed by atoms with Crippen LogP contribution in [0.2, 0.25) is 0 Å². The highest BCUT2D eigenvalue weighted by Crippen LogP contribution is 2.26. The summed E-state index contributed by atoms with van der Waals surface area (Å²) in [5.74, 6) is -0.432. The van der Waals surface area contributed by atoms with Crippen LogP contribution in [0.4, 0.5) is 5.69 Å². The molecule has 6 heteroatoms. The Labute approximate surface area is 177 Å². The van der Waals surface area contributed by atoms with Gasteiger partial charge in [-0.2, -0.15) is 0 Å². The number of rotatable bonds is 7. The predicted octanol–water partition coefficient (Wildman–Crippen LogP) is 2.89. The van der Waals surface area contributed by atoms with E-state index in [0.717, 1.165) is 22.5 Å². The molecule has 1 aliphatic rings. The van der Waals surface area contributed by atoms with Crippen molar-refractivity contribution in [3.05, 3.63) is 78.4 Å². The van der Waals surface area contributed by atoms with E-state index in [1.54, 1.807) is 13.0 Å². The molecule has 2 amide bonds. The van der Waals surface area contributed by atoms with Gasteiger partial charge in [-0.25, -0.2) is 0 Å². The minimum atomic E-state index is -0.645. The number of aliphatic imine (C=N–C) groups is 1. The van der Waals surface area contributed by atoms with Crippen molar-refractivity contribution in [2.24, 2.45) is 4.99 Å². The second-order valence-corrected chi connectivity index (χ2v) is 7.38. The van der Waals surface area contributed by atoms with E-state index in [1.807, 2.05) is 55.6 Å². The first kappa shape index (κ1) is 21.3. The molecule has 6 nitrogen and oxygen atoms in total. The summed E-state index contributed by atoms with van der Waals surface area (Å²) >= 11 is 0. The third-order valence-corrected chi connectivity index (χ3v) is 5.00. The van der Waals surface area contributed by atoms with E-state index in [-0.39, 0.29) is 11.8 Å². The Hall–Kier alpha value is -3.41. The second kappa shape index (κ2) is 9.87. The molecule has 0 radical (unpaired) electrons. The first-order valence-electron chi connectivity index (χ1n) is 10.1. The second-order valence-electron chi connectivity index (χ2n) is 7.38. The number of para-hydroxylation sites is 1. The van der Waals surface area contributed by atoms with E-state index in [9.17, 15) is 9.59 Å². The van der Waals surface area contributed by atoms with Crippen LogP contribution < -0.4 is 15.5 Å². The molecule has 0 saturated heterocycles. The van der Waals surface area contributed by atoms with Crippen molar-refractivity contribution in [2.75, 3.05) is 18.5 Å². The molecule has 2 atom stereocenters. The standard InChI is InChI=1S/C24H28N4O2/c1-4-5-15-22(29)25-17(2)24(30)27-21-16-28(3)20-14-10-9-13-19(20)23(26-21)18-11-7-6-8-12-18/h4,6-14,17,21H,1,5,15-16H2,2-3H3,(H,25,29)(H,27,30)/t17-,21+/m0/s1. The van der Waals surface area contributed by atoms with Gasteiger partial charge in [0.15, 0.2) is 0 Å². The quantitative estimate of drug-likeness (QED) is 0.697. The van der Waals surface area contributed by atoms with E-state index in [2.05, 4.69) is 28.2 Å². The van der Waals surface area contributed by atoms with Gasteiger partial charge in [0.05, 0.1) is 12.3 Å². The highest BCUT2D eigenvalue weighted by atomic mass is 16.2. The lowest BCUT2D eigenvalue weighted by molar-refractivity contribution is -0.128. The first-order valence-corrected chi connectivity index (χ1v) is 10.1. The summed E-state index contributed by atoms with van der Waals surface area (Å²) < 4.78 is 0. The van der Waals surface area contributed by atoms with Crippen LogP contribution in [0.25, 0.3) is 0 Å². The molecule has 0 aliphatic carbocycles. The normalized spacial score (nSPS) is 16.5. The van der Waals surface area contributed by atoms with Gasteiger partial charge in [0.1, 0.15) is 12.2 Å². The molecule has 3 rings (SSSR count). The Kier molecular flexibility index (Phi) is 7.01. The number of nitrogens with zero attached hydrogens (tertiary/aromatic N) is 2. The van der Waals surface area contributed by atoms with Gasteiger partial charge in [-0.05, 0) is 19.4 Å². The van der Waals surface area contributed by atoms with Crippen molar-refractivity contribution in [2.45, 2.75) is 32.0 Å². The molecular weight excluding hydrogens is 376 g/mol. The number of anilines is 1. The van der Waals surface area contributed by atoms with E-state index in [1.165, 1.54) is 0 Å². The predicted molar refractivity (Wildman–Crippen MR) is 121 cm³/mol. The fraction of sp³-hybridized carbons (Fsp3) is 0.292. The average molecular weight is 405 g/mol. The van der Waals surface area contributed by atoms with E-state index in [0.29, 0.717) is 19.4 Å². The number of carbonyl (C=O) groups excluding carboxylic acids is 2. The summed E-state index contributed by atoms with van der Waals surface area (Å²) in [4.78, 5) is 31.6. The maximum absolute atomic E-state index is 12.7. The molecular formula is C24H28N4O2. The Morgan fingerprint density at radius 3 is 2.63 bits per heavy atom. The van der Waals surface area contributed by atoms with Gasteiger partial charge in [0.2, 0.25) is 11.8 Å². The van der Waals surface area contributed by atoms with Crippen molar-refractivity contribution in [1.82, 2.24) is 10.6 Å². The summed E-state index contributed by atoms with van der Waals surface area (Å²) in [5.41, 5.74) is 3.91. The third-order valence-electron chi connectivity index (χ3n) is 5.00. The summed E-state index contributed by atoms with van der Waals surface area (Å²) in [6.45, 7) is 5.81. The van der Waals surface area contributed by atoms with E-state index < -0.39 is 12.2 Å². The molecule has 2 aromatic carbocycles. The van der Waals surface area contributed by atoms with Gasteiger partial charge in [-0.3, -0.25) is 14.6 Å². The molecule has 0 unspecified atom stereocenters. The number of benzodiazepines with no additional fused rings is 1. The van der Waals surface area contributed by atoms with Gasteiger partial charge in [-0.15, -0.1) is 6.58 Å². The number of nitrogens with one attached hydrogen (secondary N) is 2. The van der Waals surface area contributed by atoms with Crippen LogP contribution in [0.15, 0.2) is 72.2 Å². The zero-order valence-corrected chi connectivity index (χ0v) is 17.5. The highest BCUT2D eigenvalue weighted by molar-refractivity contribution is 6.16. The third kappa shape index (κ3) is 5.14. The van der Waals surface area contributed by atoms with Crippen LogP contribution in [0.3, 0.4) is 0 Å². The van der Waals surface area contributed by atoms with Crippen LogP contribution in [0.1, 0.15) is 30.9 Å². The summed E-state index contributed by atoms with van der Waals surface area (Å²) in [6, 6.07) is 17.4. The molecule has 2 N–H and O–H groups in total. The van der Waals surface area contributed by atoms with E-state index in [4.69, 9.17) is 4.99 Å². The van der Waals surface area contributed by atoms with Crippen LogP contribution >= 0.6 is 0 Å². The number of carbonyl (C=O) groups is 2. The number of amides is 2. The first-order chi connectivity index (χ1) is 14.5. The zero-order valence-electron chi connectivity index (χ0n) is 17.5. The zero-order chi connectivity index (χ0) is 21.5. The molecule has 30 heavy (non-hydrogen) atoms. The number of likely N-dealkylation sites (N-methyl/N-ethyl adjacent to an activating group) is 1. The number of fused-ring (bicyclic) bond motifs is 1. The molecule has 156 valence electrons. The Morgan fingerprint density at radius 2 is 1.90 bits per heavy atom. The summed E-state index contributed by atoms with van der Waals surface area (Å²) in [7, 11) is 1.99. The topological polar surface area (TPSA) is 73.8 Å². The lowest BCUT2D eigenvalue weighted by atomic mass is 10.0. The van der Waals surface area contributed by atoms with Gasteiger partial charge < -0.3 is 15.5 Å². The fourth-order valence-electron chi connectivity index (χ4n) is 3.44. The Balaban J connectivity index is 1.82. The molecule has 0 fully saturated rings. The fourth-order valence-corrected chi connectivity index (χ4v) is 3.44. The van der Waals surface area contributed by atoms with Gasteiger partial charge in [0.25, 0.3) is 0 Å². The Morgan fingerprint density at radius 1 is 1.20 bits per heavy atom. The maximum atomic E-state index is 12.7. The van der Waals surface area contributed by atoms with Crippen molar-refractivity contribution in [3.63, 3.8) is 0 Å².